The van der Waals surface area contributed by atoms with Crippen molar-refractivity contribution >= 4 is 11.9 Å². The highest BCUT2D eigenvalue weighted by atomic mass is 16.4. The molecule has 2 fully saturated rings. The lowest BCUT2D eigenvalue weighted by Gasteiger charge is -2.37. The van der Waals surface area contributed by atoms with Crippen LogP contribution in [-0.4, -0.2) is 59.5 Å². The van der Waals surface area contributed by atoms with Gasteiger partial charge < -0.3 is 14.9 Å². The monoisotopic (exact) mass is 296 g/mol. The van der Waals surface area contributed by atoms with Crippen molar-refractivity contribution in [2.24, 2.45) is 17.3 Å². The topological polar surface area (TPSA) is 60.9 Å². The van der Waals surface area contributed by atoms with E-state index in [4.69, 9.17) is 0 Å². The fourth-order valence-electron chi connectivity index (χ4n) is 3.81. The van der Waals surface area contributed by atoms with Gasteiger partial charge in [-0.2, -0.15) is 0 Å². The van der Waals surface area contributed by atoms with E-state index in [0.717, 1.165) is 38.9 Å². The summed E-state index contributed by atoms with van der Waals surface area (Å²) in [5, 5.41) is 9.22. The van der Waals surface area contributed by atoms with Crippen LogP contribution in [0.3, 0.4) is 0 Å². The quantitative estimate of drug-likeness (QED) is 0.838. The summed E-state index contributed by atoms with van der Waals surface area (Å²) in [6.45, 7) is 9.14. The van der Waals surface area contributed by atoms with Gasteiger partial charge in [-0.15, -0.1) is 0 Å². The first kappa shape index (κ1) is 16.3. The van der Waals surface area contributed by atoms with Crippen molar-refractivity contribution in [1.82, 2.24) is 9.80 Å². The standard InChI is InChI=1S/C16H28N2O3/c1-5-8-18-9-6-11(7-10-18)17(4)14(19)12-13(15(20)21)16(12,2)3/h11-13H,5-10H2,1-4H3,(H,20,21)/t12-,13+/m1/s1. The third-order valence-electron chi connectivity index (χ3n) is 5.35. The molecule has 1 amide bonds. The van der Waals surface area contributed by atoms with Gasteiger partial charge in [0, 0.05) is 26.2 Å². The van der Waals surface area contributed by atoms with Gasteiger partial charge in [-0.3, -0.25) is 9.59 Å². The zero-order valence-electron chi connectivity index (χ0n) is 13.6. The highest BCUT2D eigenvalue weighted by Crippen LogP contribution is 2.59. The maximum atomic E-state index is 12.6. The average Bonchev–Trinajstić information content (AvgIpc) is 3.01. The van der Waals surface area contributed by atoms with Gasteiger partial charge in [0.15, 0.2) is 0 Å². The number of carbonyl (C=O) groups excluding carboxylic acids is 1. The Morgan fingerprint density at radius 1 is 1.24 bits per heavy atom. The molecule has 0 aromatic carbocycles. The van der Waals surface area contributed by atoms with Crippen molar-refractivity contribution in [1.29, 1.82) is 0 Å². The number of hydrogen-bond donors (Lipinski definition) is 1. The molecule has 0 radical (unpaired) electrons. The fraction of sp³-hybridized carbons (Fsp3) is 0.875. The molecule has 120 valence electrons. The van der Waals surface area contributed by atoms with E-state index >= 15 is 0 Å². The van der Waals surface area contributed by atoms with Gasteiger partial charge in [0.1, 0.15) is 0 Å². The molecule has 2 aliphatic rings. The summed E-state index contributed by atoms with van der Waals surface area (Å²) in [5.41, 5.74) is -0.403. The molecule has 21 heavy (non-hydrogen) atoms. The molecule has 1 saturated carbocycles. The summed E-state index contributed by atoms with van der Waals surface area (Å²) in [6, 6.07) is 0.261. The average molecular weight is 296 g/mol. The number of carboxylic acids is 1. The first-order valence-corrected chi connectivity index (χ1v) is 8.02. The van der Waals surface area contributed by atoms with Gasteiger partial charge in [0.05, 0.1) is 11.8 Å². The minimum atomic E-state index is -0.843. The SMILES string of the molecule is CCCN1CCC(N(C)C(=O)[C@H]2[C@@H](C(=O)O)C2(C)C)CC1. The predicted octanol–water partition coefficient (Wildman–Crippen LogP) is 1.68. The van der Waals surface area contributed by atoms with Crippen LogP contribution in [0.2, 0.25) is 0 Å². The van der Waals surface area contributed by atoms with E-state index in [1.54, 1.807) is 0 Å². The number of amides is 1. The van der Waals surface area contributed by atoms with Crippen molar-refractivity contribution in [3.8, 4) is 0 Å². The molecule has 1 aliphatic carbocycles. The first-order chi connectivity index (χ1) is 9.80. The van der Waals surface area contributed by atoms with E-state index in [9.17, 15) is 14.7 Å². The Kier molecular flexibility index (Phi) is 4.61. The number of aliphatic carboxylic acids is 1. The molecule has 2 atom stereocenters. The van der Waals surface area contributed by atoms with Crippen LogP contribution in [0.15, 0.2) is 0 Å². The van der Waals surface area contributed by atoms with Crippen molar-refractivity contribution in [3.63, 3.8) is 0 Å². The molecule has 0 spiro atoms. The zero-order chi connectivity index (χ0) is 15.8. The Bertz CT molecular complexity index is 414. The second-order valence-corrected chi connectivity index (χ2v) is 7.14. The first-order valence-electron chi connectivity index (χ1n) is 8.02. The number of hydrogen-bond acceptors (Lipinski definition) is 3. The van der Waals surface area contributed by atoms with Crippen molar-refractivity contribution in [2.75, 3.05) is 26.7 Å². The number of nitrogens with zero attached hydrogens (tertiary/aromatic N) is 2. The normalized spacial score (nSPS) is 29.1. The minimum Gasteiger partial charge on any atom is -0.481 e. The van der Waals surface area contributed by atoms with Crippen LogP contribution in [0, 0.1) is 17.3 Å². The van der Waals surface area contributed by atoms with Gasteiger partial charge in [0.2, 0.25) is 5.91 Å². The lowest BCUT2D eigenvalue weighted by Crippen LogP contribution is -2.46. The molecule has 0 unspecified atom stereocenters. The summed E-state index contributed by atoms with van der Waals surface area (Å²) in [6.07, 6.45) is 3.15. The van der Waals surface area contributed by atoms with E-state index in [2.05, 4.69) is 11.8 Å². The Hall–Kier alpha value is -1.10. The largest absolute Gasteiger partial charge is 0.481 e. The smallest absolute Gasteiger partial charge is 0.307 e. The third kappa shape index (κ3) is 3.07. The van der Waals surface area contributed by atoms with E-state index in [0.29, 0.717) is 0 Å². The second-order valence-electron chi connectivity index (χ2n) is 7.14. The molecule has 1 saturated heterocycles. The van der Waals surface area contributed by atoms with Gasteiger partial charge in [-0.25, -0.2) is 0 Å². The summed E-state index contributed by atoms with van der Waals surface area (Å²) in [7, 11) is 1.84. The molecule has 5 nitrogen and oxygen atoms in total. The molecular weight excluding hydrogens is 268 g/mol. The molecule has 5 heteroatoms. The molecule has 1 heterocycles. The van der Waals surface area contributed by atoms with Crippen LogP contribution in [0.4, 0.5) is 0 Å². The molecular formula is C16H28N2O3. The fourth-order valence-corrected chi connectivity index (χ4v) is 3.81. The van der Waals surface area contributed by atoms with Crippen molar-refractivity contribution < 1.29 is 14.7 Å². The maximum Gasteiger partial charge on any atom is 0.307 e. The van der Waals surface area contributed by atoms with Crippen LogP contribution in [0.5, 0.6) is 0 Å². The number of piperidine rings is 1. The molecule has 1 aliphatic heterocycles. The summed E-state index contributed by atoms with van der Waals surface area (Å²) in [4.78, 5) is 28.1. The van der Waals surface area contributed by atoms with Gasteiger partial charge in [-0.1, -0.05) is 20.8 Å². The lowest BCUT2D eigenvalue weighted by atomic mass is 10.0. The molecule has 1 N–H and O–H groups in total. The van der Waals surface area contributed by atoms with Crippen LogP contribution >= 0.6 is 0 Å². The molecule has 0 aromatic heterocycles. The minimum absolute atomic E-state index is 0.0151. The molecule has 2 rings (SSSR count). The Morgan fingerprint density at radius 2 is 1.81 bits per heavy atom. The van der Waals surface area contributed by atoms with Crippen LogP contribution in [0.25, 0.3) is 0 Å². The Labute approximate surface area is 127 Å². The molecule has 0 bridgehead atoms. The summed E-state index contributed by atoms with van der Waals surface area (Å²) in [5.74, 6) is -1.70. The number of carboxylic acid groups (broad SMARTS) is 1. The Balaban J connectivity index is 1.91. The van der Waals surface area contributed by atoms with Gasteiger partial charge in [0.25, 0.3) is 0 Å². The number of likely N-dealkylation sites (tertiary alicyclic amines) is 1. The maximum absolute atomic E-state index is 12.6. The van der Waals surface area contributed by atoms with E-state index in [-0.39, 0.29) is 17.9 Å². The second kappa shape index (κ2) is 5.95. The zero-order valence-corrected chi connectivity index (χ0v) is 13.6. The van der Waals surface area contributed by atoms with Gasteiger partial charge in [-0.05, 0) is 31.2 Å². The summed E-state index contributed by atoms with van der Waals surface area (Å²) >= 11 is 0. The number of rotatable bonds is 5. The van der Waals surface area contributed by atoms with E-state index < -0.39 is 17.3 Å². The highest BCUT2D eigenvalue weighted by molar-refractivity contribution is 5.91. The predicted molar refractivity (Wildman–Crippen MR) is 80.9 cm³/mol. The summed E-state index contributed by atoms with van der Waals surface area (Å²) < 4.78 is 0. The van der Waals surface area contributed by atoms with Crippen LogP contribution < -0.4 is 0 Å². The Morgan fingerprint density at radius 3 is 2.24 bits per heavy atom. The van der Waals surface area contributed by atoms with Crippen molar-refractivity contribution in [2.45, 2.75) is 46.1 Å². The van der Waals surface area contributed by atoms with Crippen LogP contribution in [-0.2, 0) is 9.59 Å². The van der Waals surface area contributed by atoms with Crippen molar-refractivity contribution in [3.05, 3.63) is 0 Å². The van der Waals surface area contributed by atoms with E-state index in [1.165, 1.54) is 0 Å². The van der Waals surface area contributed by atoms with Gasteiger partial charge >= 0.3 is 5.97 Å². The van der Waals surface area contributed by atoms with E-state index in [1.807, 2.05) is 25.8 Å². The molecule has 0 aromatic rings. The number of carbonyl (C=O) groups is 2. The lowest BCUT2D eigenvalue weighted by molar-refractivity contribution is -0.142. The van der Waals surface area contributed by atoms with Crippen LogP contribution in [0.1, 0.15) is 40.0 Å². The highest BCUT2D eigenvalue weighted by Gasteiger charge is 2.66. The third-order valence-corrected chi connectivity index (χ3v) is 5.35.